The number of aromatic nitrogens is 2. The monoisotopic (exact) mass is 213 g/mol. The van der Waals surface area contributed by atoms with E-state index in [4.69, 9.17) is 10.2 Å². The van der Waals surface area contributed by atoms with Gasteiger partial charge in [-0.2, -0.15) is 0 Å². The molecule has 0 saturated heterocycles. The van der Waals surface area contributed by atoms with Gasteiger partial charge in [0.15, 0.2) is 0 Å². The zero-order valence-corrected chi connectivity index (χ0v) is 8.55. The number of nitrogens with one attached hydrogen (secondary N) is 1. The van der Waals surface area contributed by atoms with Gasteiger partial charge >= 0.3 is 6.03 Å². The van der Waals surface area contributed by atoms with Crippen molar-refractivity contribution in [2.24, 2.45) is 0 Å². The van der Waals surface area contributed by atoms with Crippen molar-refractivity contribution in [3.8, 4) is 0 Å². The summed E-state index contributed by atoms with van der Waals surface area (Å²) in [6.45, 7) is 1.17. The number of aliphatic hydroxyl groups excluding tert-OH is 2. The van der Waals surface area contributed by atoms with Crippen molar-refractivity contribution in [3.05, 3.63) is 18.7 Å². The number of nitrogens with zero attached hydrogens (tertiary/aromatic N) is 2. The van der Waals surface area contributed by atoms with E-state index in [9.17, 15) is 4.79 Å². The van der Waals surface area contributed by atoms with Crippen LogP contribution in [0.15, 0.2) is 18.7 Å². The van der Waals surface area contributed by atoms with Crippen molar-refractivity contribution in [1.29, 1.82) is 0 Å². The van der Waals surface area contributed by atoms with Gasteiger partial charge in [0.25, 0.3) is 0 Å². The Morgan fingerprint density at radius 2 is 2.20 bits per heavy atom. The molecule has 0 aliphatic rings. The highest BCUT2D eigenvalue weighted by molar-refractivity contribution is 5.77. The first-order valence-electron chi connectivity index (χ1n) is 4.69. The molecule has 1 heterocycles. The zero-order valence-electron chi connectivity index (χ0n) is 8.55. The molecule has 84 valence electrons. The molecule has 0 aromatic carbocycles. The van der Waals surface area contributed by atoms with E-state index in [2.05, 4.69) is 10.3 Å². The third kappa shape index (κ3) is 2.54. The quantitative estimate of drug-likeness (QED) is 0.633. The van der Waals surface area contributed by atoms with Gasteiger partial charge in [-0.3, -0.25) is 4.57 Å². The molecule has 0 unspecified atom stereocenters. The van der Waals surface area contributed by atoms with Gasteiger partial charge in [0.2, 0.25) is 0 Å². The van der Waals surface area contributed by atoms with E-state index < -0.39 is 11.6 Å². The average Bonchev–Trinajstić information content (AvgIpc) is 2.79. The zero-order chi connectivity index (χ0) is 11.3. The Morgan fingerprint density at radius 3 is 2.60 bits per heavy atom. The Kier molecular flexibility index (Phi) is 3.81. The van der Waals surface area contributed by atoms with Crippen molar-refractivity contribution in [2.45, 2.75) is 18.9 Å². The summed E-state index contributed by atoms with van der Waals surface area (Å²) in [4.78, 5) is 15.3. The van der Waals surface area contributed by atoms with Crippen LogP contribution in [0.1, 0.15) is 13.3 Å². The van der Waals surface area contributed by atoms with Gasteiger partial charge in [-0.1, -0.05) is 6.92 Å². The van der Waals surface area contributed by atoms with Gasteiger partial charge in [0.1, 0.15) is 6.33 Å². The number of hydrogen-bond donors (Lipinski definition) is 3. The molecule has 0 radical (unpaired) electrons. The summed E-state index contributed by atoms with van der Waals surface area (Å²) in [6, 6.07) is -0.419. The fourth-order valence-electron chi connectivity index (χ4n) is 1.11. The van der Waals surface area contributed by atoms with Gasteiger partial charge in [-0.15, -0.1) is 0 Å². The lowest BCUT2D eigenvalue weighted by Gasteiger charge is -2.29. The predicted octanol–water partition coefficient (Wildman–Crippen LogP) is -0.426. The first kappa shape index (κ1) is 11.7. The Bertz CT molecular complexity index is 298. The third-order valence-corrected chi connectivity index (χ3v) is 2.39. The highest BCUT2D eigenvalue weighted by Gasteiger charge is 2.28. The molecule has 1 aromatic rings. The number of carbonyl (C=O) groups excluding carboxylic acids is 1. The largest absolute Gasteiger partial charge is 0.394 e. The second kappa shape index (κ2) is 4.90. The van der Waals surface area contributed by atoms with Crippen LogP contribution >= 0.6 is 0 Å². The van der Waals surface area contributed by atoms with E-state index in [1.807, 2.05) is 0 Å². The van der Waals surface area contributed by atoms with Crippen LogP contribution in [0.3, 0.4) is 0 Å². The second-order valence-electron chi connectivity index (χ2n) is 3.35. The molecular formula is C9H15N3O3. The van der Waals surface area contributed by atoms with Crippen LogP contribution in [0.2, 0.25) is 0 Å². The summed E-state index contributed by atoms with van der Waals surface area (Å²) in [5.41, 5.74) is -0.971. The Balaban J connectivity index is 2.71. The maximum absolute atomic E-state index is 11.6. The maximum Gasteiger partial charge on any atom is 0.327 e. The van der Waals surface area contributed by atoms with Crippen molar-refractivity contribution in [1.82, 2.24) is 14.9 Å². The molecule has 1 aromatic heterocycles. The first-order chi connectivity index (χ1) is 7.17. The molecular weight excluding hydrogens is 198 g/mol. The molecule has 0 spiro atoms. The van der Waals surface area contributed by atoms with Crippen LogP contribution in [0.5, 0.6) is 0 Å². The molecule has 6 heteroatoms. The van der Waals surface area contributed by atoms with Crippen LogP contribution in [0.25, 0.3) is 0 Å². The summed E-state index contributed by atoms with van der Waals surface area (Å²) in [7, 11) is 0. The summed E-state index contributed by atoms with van der Waals surface area (Å²) >= 11 is 0. The number of aliphatic hydroxyl groups is 2. The molecule has 0 aliphatic heterocycles. The minimum absolute atomic E-state index is 0.305. The third-order valence-electron chi connectivity index (χ3n) is 2.39. The summed E-state index contributed by atoms with van der Waals surface area (Å²) in [6.07, 6.45) is 4.76. The lowest BCUT2D eigenvalue weighted by molar-refractivity contribution is 0.0937. The van der Waals surface area contributed by atoms with Gasteiger partial charge in [-0.25, -0.2) is 9.78 Å². The van der Waals surface area contributed by atoms with E-state index >= 15 is 0 Å². The van der Waals surface area contributed by atoms with Gasteiger partial charge < -0.3 is 15.5 Å². The lowest BCUT2D eigenvalue weighted by Crippen LogP contribution is -2.54. The molecule has 1 amide bonds. The predicted molar refractivity (Wildman–Crippen MR) is 53.4 cm³/mol. The molecule has 0 fully saturated rings. The first-order valence-corrected chi connectivity index (χ1v) is 4.69. The Hall–Kier alpha value is -1.40. The second-order valence-corrected chi connectivity index (χ2v) is 3.35. The fraction of sp³-hybridized carbons (Fsp3) is 0.556. The van der Waals surface area contributed by atoms with E-state index in [1.165, 1.54) is 23.3 Å². The topological polar surface area (TPSA) is 87.4 Å². The number of hydrogen-bond acceptors (Lipinski definition) is 4. The molecule has 15 heavy (non-hydrogen) atoms. The number of rotatable bonds is 4. The molecule has 3 N–H and O–H groups in total. The molecule has 6 nitrogen and oxygen atoms in total. The number of imidazole rings is 1. The van der Waals surface area contributed by atoms with Crippen LogP contribution in [0.4, 0.5) is 4.79 Å². The van der Waals surface area contributed by atoms with E-state index in [0.717, 1.165) is 0 Å². The minimum Gasteiger partial charge on any atom is -0.394 e. The normalized spacial score (nSPS) is 11.4. The molecule has 1 rings (SSSR count). The number of amides is 1. The smallest absolute Gasteiger partial charge is 0.327 e. The molecule has 0 saturated carbocycles. The van der Waals surface area contributed by atoms with Crippen LogP contribution < -0.4 is 5.32 Å². The van der Waals surface area contributed by atoms with Crippen LogP contribution in [-0.4, -0.2) is 44.5 Å². The van der Waals surface area contributed by atoms with Gasteiger partial charge in [-0.05, 0) is 6.42 Å². The van der Waals surface area contributed by atoms with E-state index in [-0.39, 0.29) is 13.2 Å². The van der Waals surface area contributed by atoms with E-state index in [0.29, 0.717) is 6.42 Å². The minimum atomic E-state index is -0.971. The molecule has 0 aliphatic carbocycles. The van der Waals surface area contributed by atoms with Crippen LogP contribution in [-0.2, 0) is 0 Å². The van der Waals surface area contributed by atoms with Crippen molar-refractivity contribution >= 4 is 6.03 Å². The highest BCUT2D eigenvalue weighted by atomic mass is 16.3. The Morgan fingerprint density at radius 1 is 1.53 bits per heavy atom. The maximum atomic E-state index is 11.6. The SMILES string of the molecule is CCC(CO)(CO)NC(=O)n1ccnc1. The summed E-state index contributed by atoms with van der Waals surface area (Å²) < 4.78 is 1.25. The average molecular weight is 213 g/mol. The standard InChI is InChI=1S/C9H15N3O3/c1-2-9(5-13,6-14)11-8(15)12-4-3-10-7-12/h3-4,7,13-14H,2,5-6H2,1H3,(H,11,15). The van der Waals surface area contributed by atoms with Crippen molar-refractivity contribution in [2.75, 3.05) is 13.2 Å². The summed E-state index contributed by atoms with van der Waals surface area (Å²) in [5.74, 6) is 0. The lowest BCUT2D eigenvalue weighted by atomic mass is 9.99. The van der Waals surface area contributed by atoms with Gasteiger partial charge in [0.05, 0.1) is 18.8 Å². The van der Waals surface area contributed by atoms with Crippen LogP contribution in [0, 0.1) is 0 Å². The molecule has 0 atom stereocenters. The molecule has 0 bridgehead atoms. The van der Waals surface area contributed by atoms with Crippen molar-refractivity contribution in [3.63, 3.8) is 0 Å². The summed E-state index contributed by atoms with van der Waals surface area (Å²) in [5, 5.41) is 20.8. The van der Waals surface area contributed by atoms with Gasteiger partial charge in [0, 0.05) is 12.4 Å². The Labute approximate surface area is 87.6 Å². The van der Waals surface area contributed by atoms with Crippen molar-refractivity contribution < 1.29 is 15.0 Å². The highest BCUT2D eigenvalue weighted by Crippen LogP contribution is 2.08. The fourth-order valence-corrected chi connectivity index (χ4v) is 1.11. The van der Waals surface area contributed by atoms with E-state index in [1.54, 1.807) is 6.92 Å². The number of carbonyl (C=O) groups is 1.